The van der Waals surface area contributed by atoms with Gasteiger partial charge in [0.1, 0.15) is 11.9 Å². The Morgan fingerprint density at radius 3 is 2.16 bits per heavy atom. The van der Waals surface area contributed by atoms with Crippen molar-refractivity contribution in [3.63, 3.8) is 0 Å². The summed E-state index contributed by atoms with van der Waals surface area (Å²) in [4.78, 5) is 11.3. The molecule has 2 unspecified atom stereocenters. The van der Waals surface area contributed by atoms with E-state index in [0.29, 0.717) is 5.75 Å². The number of hydrogen-bond donors (Lipinski definition) is 0. The number of rotatable bonds is 5. The van der Waals surface area contributed by atoms with Crippen molar-refractivity contribution in [3.8, 4) is 5.75 Å². The average molecular weight is 284 g/mol. The molecule has 0 aliphatic rings. The Labute approximate surface area is 114 Å². The molecule has 0 aliphatic heterocycles. The van der Waals surface area contributed by atoms with Crippen molar-refractivity contribution in [1.29, 1.82) is 0 Å². The molecular formula is C14H21O4P. The lowest BCUT2D eigenvalue weighted by molar-refractivity contribution is -0.123. The predicted octanol–water partition coefficient (Wildman–Crippen LogP) is 4.05. The number of para-hydroxylation sites is 1. The van der Waals surface area contributed by atoms with E-state index in [1.807, 2.05) is 6.07 Å². The zero-order valence-corrected chi connectivity index (χ0v) is 12.9. The SMILES string of the molecule is CC(=O)C(C)OP(=O)(Oc1ccccc1)C(C)(C)C. The minimum absolute atomic E-state index is 0.180. The van der Waals surface area contributed by atoms with Crippen molar-refractivity contribution in [2.45, 2.75) is 45.9 Å². The van der Waals surface area contributed by atoms with Gasteiger partial charge in [-0.25, -0.2) is 4.57 Å². The summed E-state index contributed by atoms with van der Waals surface area (Å²) in [5.41, 5.74) is 0. The maximum atomic E-state index is 12.9. The Kier molecular flexibility index (Phi) is 4.94. The van der Waals surface area contributed by atoms with Gasteiger partial charge in [-0.15, -0.1) is 0 Å². The molecule has 0 heterocycles. The van der Waals surface area contributed by atoms with Crippen LogP contribution in [-0.4, -0.2) is 17.0 Å². The lowest BCUT2D eigenvalue weighted by Crippen LogP contribution is -2.26. The summed E-state index contributed by atoms with van der Waals surface area (Å²) in [6.07, 6.45) is -0.756. The van der Waals surface area contributed by atoms with Crippen LogP contribution >= 0.6 is 7.60 Å². The first kappa shape index (κ1) is 15.9. The van der Waals surface area contributed by atoms with Crippen molar-refractivity contribution < 1.29 is 18.4 Å². The Bertz CT molecular complexity index is 476. The first-order valence-corrected chi connectivity index (χ1v) is 7.73. The zero-order valence-electron chi connectivity index (χ0n) is 12.0. The highest BCUT2D eigenvalue weighted by molar-refractivity contribution is 7.56. The molecule has 19 heavy (non-hydrogen) atoms. The molecule has 0 saturated heterocycles. The molecule has 0 aliphatic carbocycles. The highest BCUT2D eigenvalue weighted by Crippen LogP contribution is 2.59. The van der Waals surface area contributed by atoms with Crippen molar-refractivity contribution in [2.75, 3.05) is 0 Å². The van der Waals surface area contributed by atoms with Crippen LogP contribution in [0, 0.1) is 0 Å². The number of ketones is 1. The highest BCUT2D eigenvalue weighted by atomic mass is 31.2. The quantitative estimate of drug-likeness (QED) is 0.765. The molecular weight excluding hydrogens is 263 g/mol. The van der Waals surface area contributed by atoms with Crippen LogP contribution in [0.3, 0.4) is 0 Å². The first-order chi connectivity index (χ1) is 8.66. The van der Waals surface area contributed by atoms with Gasteiger partial charge in [0, 0.05) is 0 Å². The number of benzene rings is 1. The molecule has 1 rings (SSSR count). The van der Waals surface area contributed by atoms with Gasteiger partial charge in [0.2, 0.25) is 0 Å². The van der Waals surface area contributed by atoms with Crippen LogP contribution in [0.25, 0.3) is 0 Å². The van der Waals surface area contributed by atoms with Crippen LogP contribution in [0.1, 0.15) is 34.6 Å². The molecule has 1 aromatic carbocycles. The predicted molar refractivity (Wildman–Crippen MR) is 75.7 cm³/mol. The molecule has 0 N–H and O–H groups in total. The third-order valence-electron chi connectivity index (χ3n) is 2.66. The standard InChI is InChI=1S/C14H21O4P/c1-11(15)12(2)17-19(16,14(3,4)5)18-13-9-7-6-8-10-13/h6-10,12H,1-5H3. The van der Waals surface area contributed by atoms with E-state index in [-0.39, 0.29) is 5.78 Å². The Morgan fingerprint density at radius 2 is 1.74 bits per heavy atom. The number of carbonyl (C=O) groups excluding carboxylic acids is 1. The lowest BCUT2D eigenvalue weighted by Gasteiger charge is -2.31. The van der Waals surface area contributed by atoms with Gasteiger partial charge in [-0.1, -0.05) is 18.2 Å². The molecule has 1 aromatic rings. The maximum Gasteiger partial charge on any atom is 0.385 e. The number of Topliss-reactive ketones (excluding diaryl/α,β-unsaturated/α-hetero) is 1. The van der Waals surface area contributed by atoms with E-state index in [4.69, 9.17) is 9.05 Å². The van der Waals surface area contributed by atoms with Crippen molar-refractivity contribution in [1.82, 2.24) is 0 Å². The fourth-order valence-corrected chi connectivity index (χ4v) is 2.82. The third-order valence-corrected chi connectivity index (χ3v) is 5.35. The van der Waals surface area contributed by atoms with Gasteiger partial charge in [0.15, 0.2) is 5.78 Å². The van der Waals surface area contributed by atoms with Crippen molar-refractivity contribution in [2.24, 2.45) is 0 Å². The summed E-state index contributed by atoms with van der Waals surface area (Å²) in [6, 6.07) is 8.84. The summed E-state index contributed by atoms with van der Waals surface area (Å²) in [5.74, 6) is 0.289. The minimum atomic E-state index is -3.46. The summed E-state index contributed by atoms with van der Waals surface area (Å²) >= 11 is 0. The van der Waals surface area contributed by atoms with Gasteiger partial charge in [-0.3, -0.25) is 9.32 Å². The largest absolute Gasteiger partial charge is 0.424 e. The number of hydrogen-bond acceptors (Lipinski definition) is 4. The number of carbonyl (C=O) groups is 1. The Morgan fingerprint density at radius 1 is 1.21 bits per heavy atom. The molecule has 0 fully saturated rings. The molecule has 0 amide bonds. The summed E-state index contributed by atoms with van der Waals surface area (Å²) in [6.45, 7) is 8.28. The van der Waals surface area contributed by atoms with E-state index < -0.39 is 18.9 Å². The van der Waals surface area contributed by atoms with Gasteiger partial charge in [0.05, 0.1) is 5.16 Å². The maximum absolute atomic E-state index is 12.9. The van der Waals surface area contributed by atoms with Crippen LogP contribution in [0.4, 0.5) is 0 Å². The molecule has 4 nitrogen and oxygen atoms in total. The molecule has 0 bridgehead atoms. The lowest BCUT2D eigenvalue weighted by atomic mass is 10.3. The fourth-order valence-electron chi connectivity index (χ4n) is 1.22. The molecule has 0 spiro atoms. The van der Waals surface area contributed by atoms with E-state index in [0.717, 1.165) is 0 Å². The second-order valence-corrected chi connectivity index (χ2v) is 8.16. The van der Waals surface area contributed by atoms with E-state index in [1.54, 1.807) is 52.0 Å². The second-order valence-electron chi connectivity index (χ2n) is 5.43. The molecule has 0 aromatic heterocycles. The van der Waals surface area contributed by atoms with E-state index in [1.165, 1.54) is 6.92 Å². The van der Waals surface area contributed by atoms with Gasteiger partial charge in [-0.05, 0) is 46.8 Å². The smallest absolute Gasteiger partial charge is 0.385 e. The normalized spacial score (nSPS) is 16.5. The third kappa shape index (κ3) is 4.19. The van der Waals surface area contributed by atoms with Gasteiger partial charge >= 0.3 is 7.60 Å². The van der Waals surface area contributed by atoms with Gasteiger partial charge in [0.25, 0.3) is 0 Å². The molecule has 2 atom stereocenters. The highest BCUT2D eigenvalue weighted by Gasteiger charge is 2.43. The minimum Gasteiger partial charge on any atom is -0.424 e. The Balaban J connectivity index is 3.01. The first-order valence-electron chi connectivity index (χ1n) is 6.19. The topological polar surface area (TPSA) is 52.6 Å². The van der Waals surface area contributed by atoms with Crippen LogP contribution in [0.5, 0.6) is 5.75 Å². The van der Waals surface area contributed by atoms with Crippen LogP contribution in [-0.2, 0) is 13.9 Å². The van der Waals surface area contributed by atoms with Gasteiger partial charge in [-0.2, -0.15) is 0 Å². The van der Waals surface area contributed by atoms with Crippen LogP contribution in [0.15, 0.2) is 30.3 Å². The van der Waals surface area contributed by atoms with Crippen molar-refractivity contribution >= 4 is 13.4 Å². The van der Waals surface area contributed by atoms with E-state index in [2.05, 4.69) is 0 Å². The summed E-state index contributed by atoms with van der Waals surface area (Å²) < 4.78 is 23.9. The molecule has 106 valence electrons. The summed E-state index contributed by atoms with van der Waals surface area (Å²) in [5, 5.41) is -0.716. The van der Waals surface area contributed by atoms with Crippen molar-refractivity contribution in [3.05, 3.63) is 30.3 Å². The van der Waals surface area contributed by atoms with E-state index >= 15 is 0 Å². The van der Waals surface area contributed by atoms with Crippen LogP contribution in [0.2, 0.25) is 0 Å². The fraction of sp³-hybridized carbons (Fsp3) is 0.500. The average Bonchev–Trinajstić information content (AvgIpc) is 2.28. The van der Waals surface area contributed by atoms with Crippen LogP contribution < -0.4 is 4.52 Å². The summed E-state index contributed by atoms with van der Waals surface area (Å²) in [7, 11) is -3.46. The monoisotopic (exact) mass is 284 g/mol. The second kappa shape index (κ2) is 5.89. The zero-order chi connectivity index (χ0) is 14.7. The molecule has 5 heteroatoms. The van der Waals surface area contributed by atoms with Gasteiger partial charge < -0.3 is 4.52 Å². The molecule has 0 radical (unpaired) electrons. The Hall–Kier alpha value is -1.12. The van der Waals surface area contributed by atoms with E-state index in [9.17, 15) is 9.36 Å². The molecule has 0 saturated carbocycles.